The molecule has 2 heterocycles. The molecule has 26 heavy (non-hydrogen) atoms. The molecule has 3 N–H and O–H groups in total. The molecule has 0 fully saturated rings. The Kier molecular flexibility index (Phi) is 4.34. The van der Waals surface area contributed by atoms with Crippen molar-refractivity contribution < 1.29 is 4.79 Å². The van der Waals surface area contributed by atoms with Crippen molar-refractivity contribution >= 4 is 23.2 Å². The Balaban J connectivity index is 1.66. The Labute approximate surface area is 156 Å². The number of nitrogens with zero attached hydrogens (tertiary/aromatic N) is 3. The number of primary amides is 1. The Morgan fingerprint density at radius 3 is 2.85 bits per heavy atom. The lowest BCUT2D eigenvalue weighted by Gasteiger charge is -2.12. The molecule has 3 aromatic rings. The minimum absolute atomic E-state index is 0.0266. The van der Waals surface area contributed by atoms with E-state index in [-0.39, 0.29) is 12.5 Å². The number of hydrogen-bond donors (Lipinski definition) is 2. The number of anilines is 1. The smallest absolute Gasteiger partial charge is 0.225 e. The SMILES string of the molecule is NC(=O)Cc1nc(C2Cc3cc(Cl)ccc3N2)n(Cc2ccccc2)n1. The molecule has 1 atom stereocenters. The zero-order valence-corrected chi connectivity index (χ0v) is 14.8. The van der Waals surface area contributed by atoms with Crippen LogP contribution in [0.1, 0.15) is 28.8 Å². The largest absolute Gasteiger partial charge is 0.375 e. The highest BCUT2D eigenvalue weighted by atomic mass is 35.5. The van der Waals surface area contributed by atoms with Gasteiger partial charge in [-0.05, 0) is 29.3 Å². The molecule has 0 saturated heterocycles. The van der Waals surface area contributed by atoms with Crippen LogP contribution in [0.15, 0.2) is 48.5 Å². The van der Waals surface area contributed by atoms with Crippen LogP contribution in [0.25, 0.3) is 0 Å². The van der Waals surface area contributed by atoms with Crippen molar-refractivity contribution in [1.82, 2.24) is 14.8 Å². The van der Waals surface area contributed by atoms with Crippen LogP contribution in [0.3, 0.4) is 0 Å². The molecule has 0 spiro atoms. The summed E-state index contributed by atoms with van der Waals surface area (Å²) in [7, 11) is 0. The van der Waals surface area contributed by atoms with Crippen LogP contribution in [-0.2, 0) is 24.2 Å². The third kappa shape index (κ3) is 3.41. The van der Waals surface area contributed by atoms with Crippen LogP contribution >= 0.6 is 11.6 Å². The number of nitrogens with one attached hydrogen (secondary N) is 1. The molecule has 0 radical (unpaired) electrons. The Bertz CT molecular complexity index is 954. The fourth-order valence-electron chi connectivity index (χ4n) is 3.25. The normalized spacial score (nSPS) is 15.5. The summed E-state index contributed by atoms with van der Waals surface area (Å²) < 4.78 is 1.85. The van der Waals surface area contributed by atoms with Crippen molar-refractivity contribution in [3.8, 4) is 0 Å². The monoisotopic (exact) mass is 367 g/mol. The minimum Gasteiger partial charge on any atom is -0.375 e. The van der Waals surface area contributed by atoms with Crippen molar-refractivity contribution in [2.45, 2.75) is 25.4 Å². The van der Waals surface area contributed by atoms with Crippen molar-refractivity contribution in [2.24, 2.45) is 5.73 Å². The van der Waals surface area contributed by atoms with Gasteiger partial charge in [-0.15, -0.1) is 0 Å². The highest BCUT2D eigenvalue weighted by Crippen LogP contribution is 2.35. The van der Waals surface area contributed by atoms with Crippen LogP contribution in [0.2, 0.25) is 5.02 Å². The first kappa shape index (κ1) is 16.6. The molecule has 6 nitrogen and oxygen atoms in total. The topological polar surface area (TPSA) is 85.8 Å². The van der Waals surface area contributed by atoms with Gasteiger partial charge < -0.3 is 11.1 Å². The maximum absolute atomic E-state index is 11.3. The van der Waals surface area contributed by atoms with Gasteiger partial charge in [-0.3, -0.25) is 4.79 Å². The van der Waals surface area contributed by atoms with Crippen molar-refractivity contribution in [1.29, 1.82) is 0 Å². The quantitative estimate of drug-likeness (QED) is 0.726. The van der Waals surface area contributed by atoms with Gasteiger partial charge in [0.1, 0.15) is 5.82 Å². The molecule has 1 unspecified atom stereocenters. The van der Waals surface area contributed by atoms with E-state index in [2.05, 4.69) is 15.4 Å². The van der Waals surface area contributed by atoms with Gasteiger partial charge in [-0.2, -0.15) is 5.10 Å². The first-order valence-electron chi connectivity index (χ1n) is 8.39. The van der Waals surface area contributed by atoms with E-state index in [1.54, 1.807) is 0 Å². The number of carbonyl (C=O) groups is 1. The second-order valence-electron chi connectivity index (χ2n) is 6.38. The van der Waals surface area contributed by atoms with Crippen molar-refractivity contribution in [3.63, 3.8) is 0 Å². The summed E-state index contributed by atoms with van der Waals surface area (Å²) in [6.45, 7) is 0.581. The summed E-state index contributed by atoms with van der Waals surface area (Å²) in [4.78, 5) is 15.9. The van der Waals surface area contributed by atoms with E-state index in [4.69, 9.17) is 17.3 Å². The van der Waals surface area contributed by atoms with Crippen molar-refractivity contribution in [2.75, 3.05) is 5.32 Å². The Morgan fingerprint density at radius 1 is 1.27 bits per heavy atom. The molecule has 0 bridgehead atoms. The van der Waals surface area contributed by atoms with Crippen LogP contribution in [-0.4, -0.2) is 20.7 Å². The number of fused-ring (bicyclic) bond motifs is 1. The van der Waals surface area contributed by atoms with E-state index >= 15 is 0 Å². The highest BCUT2D eigenvalue weighted by molar-refractivity contribution is 6.30. The molecular weight excluding hydrogens is 350 g/mol. The summed E-state index contributed by atoms with van der Waals surface area (Å²) in [5, 5.41) is 8.70. The zero-order chi connectivity index (χ0) is 18.1. The average Bonchev–Trinajstić information content (AvgIpc) is 3.18. The van der Waals surface area contributed by atoms with Crippen LogP contribution in [0.5, 0.6) is 0 Å². The van der Waals surface area contributed by atoms with E-state index < -0.39 is 5.91 Å². The number of halogens is 1. The van der Waals surface area contributed by atoms with E-state index in [1.807, 2.05) is 53.2 Å². The molecule has 1 amide bonds. The lowest BCUT2D eigenvalue weighted by atomic mass is 10.1. The number of amides is 1. The summed E-state index contributed by atoms with van der Waals surface area (Å²) >= 11 is 6.10. The average molecular weight is 368 g/mol. The van der Waals surface area contributed by atoms with Gasteiger partial charge in [-0.1, -0.05) is 41.9 Å². The van der Waals surface area contributed by atoms with E-state index in [1.165, 1.54) is 0 Å². The summed E-state index contributed by atoms with van der Waals surface area (Å²) in [6.07, 6.45) is 0.791. The number of rotatable bonds is 5. The first-order chi connectivity index (χ1) is 12.6. The second-order valence-corrected chi connectivity index (χ2v) is 6.81. The molecule has 4 rings (SSSR count). The standard InChI is InChI=1S/C19H18ClN5O/c20-14-6-7-15-13(8-14)9-16(22-15)19-23-18(10-17(21)26)24-25(19)11-12-4-2-1-3-5-12/h1-8,16,22H,9-11H2,(H2,21,26). The van der Waals surface area contributed by atoms with Gasteiger partial charge in [0, 0.05) is 17.1 Å². The minimum atomic E-state index is -0.442. The lowest BCUT2D eigenvalue weighted by molar-refractivity contribution is -0.117. The van der Waals surface area contributed by atoms with Crippen molar-refractivity contribution in [3.05, 3.63) is 76.3 Å². The number of carbonyl (C=O) groups excluding carboxylic acids is 1. The molecule has 1 aliphatic rings. The molecule has 0 aliphatic carbocycles. The van der Waals surface area contributed by atoms with Crippen LogP contribution < -0.4 is 11.1 Å². The summed E-state index contributed by atoms with van der Waals surface area (Å²) in [5.41, 5.74) is 8.62. The van der Waals surface area contributed by atoms with Gasteiger partial charge in [0.15, 0.2) is 5.82 Å². The zero-order valence-electron chi connectivity index (χ0n) is 14.0. The van der Waals surface area contributed by atoms with E-state index in [0.717, 1.165) is 29.1 Å². The fraction of sp³-hybridized carbons (Fsp3) is 0.211. The second kappa shape index (κ2) is 6.80. The number of benzene rings is 2. The van der Waals surface area contributed by atoms with Gasteiger partial charge in [-0.25, -0.2) is 9.67 Å². The van der Waals surface area contributed by atoms with E-state index in [0.29, 0.717) is 17.4 Å². The molecule has 7 heteroatoms. The van der Waals surface area contributed by atoms with Crippen LogP contribution in [0, 0.1) is 0 Å². The molecular formula is C19H18ClN5O. The number of aromatic nitrogens is 3. The van der Waals surface area contributed by atoms with Crippen LogP contribution in [0.4, 0.5) is 5.69 Å². The number of nitrogens with two attached hydrogens (primary N) is 1. The highest BCUT2D eigenvalue weighted by Gasteiger charge is 2.27. The molecule has 132 valence electrons. The fourth-order valence-corrected chi connectivity index (χ4v) is 3.45. The molecule has 0 saturated carbocycles. The Hall–Kier alpha value is -2.86. The van der Waals surface area contributed by atoms with Gasteiger partial charge in [0.2, 0.25) is 5.91 Å². The van der Waals surface area contributed by atoms with E-state index in [9.17, 15) is 4.79 Å². The third-order valence-electron chi connectivity index (χ3n) is 4.38. The van der Waals surface area contributed by atoms with Gasteiger partial charge in [0.05, 0.1) is 19.0 Å². The predicted octanol–water partition coefficient (Wildman–Crippen LogP) is 2.72. The predicted molar refractivity (Wildman–Crippen MR) is 100.0 cm³/mol. The first-order valence-corrected chi connectivity index (χ1v) is 8.77. The number of hydrogen-bond acceptors (Lipinski definition) is 4. The Morgan fingerprint density at radius 2 is 2.08 bits per heavy atom. The maximum Gasteiger partial charge on any atom is 0.225 e. The van der Waals surface area contributed by atoms with Gasteiger partial charge >= 0.3 is 0 Å². The molecule has 1 aliphatic heterocycles. The summed E-state index contributed by atoms with van der Waals surface area (Å²) in [6, 6.07) is 15.8. The molecule has 1 aromatic heterocycles. The molecule has 2 aromatic carbocycles. The lowest BCUT2D eigenvalue weighted by Crippen LogP contribution is -2.15. The summed E-state index contributed by atoms with van der Waals surface area (Å²) in [5.74, 6) is 0.791. The maximum atomic E-state index is 11.3. The third-order valence-corrected chi connectivity index (χ3v) is 4.62. The van der Waals surface area contributed by atoms with Gasteiger partial charge in [0.25, 0.3) is 0 Å².